The summed E-state index contributed by atoms with van der Waals surface area (Å²) < 4.78 is 13.8. The lowest BCUT2D eigenvalue weighted by atomic mass is 9.82. The van der Waals surface area contributed by atoms with E-state index in [9.17, 15) is 4.39 Å². The summed E-state index contributed by atoms with van der Waals surface area (Å²) in [5, 5.41) is 3.55. The third-order valence-corrected chi connectivity index (χ3v) is 3.46. The van der Waals surface area contributed by atoms with Crippen molar-refractivity contribution in [3.05, 3.63) is 34.6 Å². The second-order valence-electron chi connectivity index (χ2n) is 4.22. The Labute approximate surface area is 94.6 Å². The summed E-state index contributed by atoms with van der Waals surface area (Å²) in [6, 6.07) is 5.29. The predicted octanol–water partition coefficient (Wildman–Crippen LogP) is 3.19. The Morgan fingerprint density at radius 3 is 3.00 bits per heavy atom. The van der Waals surface area contributed by atoms with Crippen LogP contribution < -0.4 is 5.32 Å². The van der Waals surface area contributed by atoms with Crippen LogP contribution in [-0.4, -0.2) is 13.1 Å². The van der Waals surface area contributed by atoms with Crippen LogP contribution in [0.2, 0.25) is 5.02 Å². The Morgan fingerprint density at radius 2 is 2.27 bits per heavy atom. The second-order valence-corrected chi connectivity index (χ2v) is 4.63. The van der Waals surface area contributed by atoms with Crippen molar-refractivity contribution in [2.24, 2.45) is 5.92 Å². The van der Waals surface area contributed by atoms with Crippen LogP contribution in [0.25, 0.3) is 0 Å². The number of halogens is 2. The van der Waals surface area contributed by atoms with E-state index in [-0.39, 0.29) is 10.8 Å². The van der Waals surface area contributed by atoms with E-state index < -0.39 is 0 Å². The Morgan fingerprint density at radius 1 is 1.47 bits per heavy atom. The minimum absolute atomic E-state index is 0.234. The zero-order valence-electron chi connectivity index (χ0n) is 8.76. The summed E-state index contributed by atoms with van der Waals surface area (Å²) in [6.45, 7) is 4.06. The zero-order valence-corrected chi connectivity index (χ0v) is 9.52. The first-order valence-corrected chi connectivity index (χ1v) is 5.72. The smallest absolute Gasteiger partial charge is 0.145 e. The lowest BCUT2D eigenvalue weighted by Gasteiger charge is -2.30. The van der Waals surface area contributed by atoms with E-state index >= 15 is 0 Å². The molecule has 2 unspecified atom stereocenters. The number of piperidine rings is 1. The Kier molecular flexibility index (Phi) is 3.27. The molecule has 2 atom stereocenters. The van der Waals surface area contributed by atoms with Crippen LogP contribution in [0, 0.1) is 11.7 Å². The summed E-state index contributed by atoms with van der Waals surface area (Å²) >= 11 is 5.79. The lowest BCUT2D eigenvalue weighted by Crippen LogP contribution is -2.34. The SMILES string of the molecule is CC1CNCCC1c1cccc(Cl)c1F. The third kappa shape index (κ3) is 2.16. The molecule has 15 heavy (non-hydrogen) atoms. The molecule has 0 bridgehead atoms. The molecule has 1 heterocycles. The number of hydrogen-bond acceptors (Lipinski definition) is 1. The molecule has 82 valence electrons. The fraction of sp³-hybridized carbons (Fsp3) is 0.500. The van der Waals surface area contributed by atoms with Crippen LogP contribution in [0.3, 0.4) is 0 Å². The molecule has 0 spiro atoms. The van der Waals surface area contributed by atoms with Gasteiger partial charge >= 0.3 is 0 Å². The van der Waals surface area contributed by atoms with Crippen LogP contribution in [0.15, 0.2) is 18.2 Å². The van der Waals surface area contributed by atoms with Crippen LogP contribution in [-0.2, 0) is 0 Å². The van der Waals surface area contributed by atoms with Gasteiger partial charge in [0, 0.05) is 0 Å². The maximum absolute atomic E-state index is 13.8. The first kappa shape index (κ1) is 10.9. The summed E-state index contributed by atoms with van der Waals surface area (Å²) in [4.78, 5) is 0. The van der Waals surface area contributed by atoms with Gasteiger partial charge in [-0.05, 0) is 43.0 Å². The van der Waals surface area contributed by atoms with Gasteiger partial charge in [-0.2, -0.15) is 0 Å². The molecule has 1 saturated heterocycles. The van der Waals surface area contributed by atoms with E-state index in [2.05, 4.69) is 12.2 Å². The van der Waals surface area contributed by atoms with Gasteiger partial charge < -0.3 is 5.32 Å². The molecule has 1 fully saturated rings. The highest BCUT2D eigenvalue weighted by Gasteiger charge is 2.25. The zero-order chi connectivity index (χ0) is 10.8. The molecule has 0 aromatic heterocycles. The van der Waals surface area contributed by atoms with E-state index in [1.807, 2.05) is 12.1 Å². The molecule has 0 saturated carbocycles. The van der Waals surface area contributed by atoms with E-state index in [0.29, 0.717) is 11.8 Å². The summed E-state index contributed by atoms with van der Waals surface area (Å²) in [5.74, 6) is 0.523. The van der Waals surface area contributed by atoms with E-state index in [4.69, 9.17) is 11.6 Å². The molecule has 1 aliphatic heterocycles. The molecule has 0 aliphatic carbocycles. The van der Waals surface area contributed by atoms with Crippen molar-refractivity contribution in [1.82, 2.24) is 5.32 Å². The average Bonchev–Trinajstić information content (AvgIpc) is 2.23. The number of hydrogen-bond donors (Lipinski definition) is 1. The van der Waals surface area contributed by atoms with E-state index in [1.54, 1.807) is 6.07 Å². The molecule has 0 amide bonds. The van der Waals surface area contributed by atoms with E-state index in [1.165, 1.54) is 0 Å². The highest BCUT2D eigenvalue weighted by molar-refractivity contribution is 6.30. The molecule has 1 aromatic carbocycles. The van der Waals surface area contributed by atoms with Gasteiger partial charge in [-0.3, -0.25) is 0 Å². The Bertz CT molecular complexity index is 353. The minimum Gasteiger partial charge on any atom is -0.316 e. The first-order chi connectivity index (χ1) is 7.20. The quantitative estimate of drug-likeness (QED) is 0.777. The van der Waals surface area contributed by atoms with Crippen LogP contribution in [0.4, 0.5) is 4.39 Å². The molecule has 2 rings (SSSR count). The van der Waals surface area contributed by atoms with Crippen molar-refractivity contribution in [3.63, 3.8) is 0 Å². The molecule has 3 heteroatoms. The van der Waals surface area contributed by atoms with E-state index in [0.717, 1.165) is 25.1 Å². The summed E-state index contributed by atoms with van der Waals surface area (Å²) in [7, 11) is 0. The van der Waals surface area contributed by atoms with Crippen molar-refractivity contribution in [3.8, 4) is 0 Å². The fourth-order valence-electron chi connectivity index (χ4n) is 2.28. The van der Waals surface area contributed by atoms with Crippen LogP contribution in [0.5, 0.6) is 0 Å². The number of benzene rings is 1. The van der Waals surface area contributed by atoms with Gasteiger partial charge in [-0.25, -0.2) is 4.39 Å². The topological polar surface area (TPSA) is 12.0 Å². The van der Waals surface area contributed by atoms with Gasteiger partial charge in [0.1, 0.15) is 5.82 Å². The van der Waals surface area contributed by atoms with Gasteiger partial charge in [0.15, 0.2) is 0 Å². The van der Waals surface area contributed by atoms with Crippen molar-refractivity contribution in [2.45, 2.75) is 19.3 Å². The molecule has 1 aliphatic rings. The van der Waals surface area contributed by atoms with Crippen molar-refractivity contribution in [2.75, 3.05) is 13.1 Å². The number of nitrogens with one attached hydrogen (secondary N) is 1. The van der Waals surface area contributed by atoms with Crippen molar-refractivity contribution < 1.29 is 4.39 Å². The molecule has 1 nitrogen and oxygen atoms in total. The van der Waals surface area contributed by atoms with Gasteiger partial charge in [-0.15, -0.1) is 0 Å². The highest BCUT2D eigenvalue weighted by atomic mass is 35.5. The maximum atomic E-state index is 13.8. The normalized spacial score (nSPS) is 26.6. The average molecular weight is 228 g/mol. The number of rotatable bonds is 1. The monoisotopic (exact) mass is 227 g/mol. The largest absolute Gasteiger partial charge is 0.316 e. The second kappa shape index (κ2) is 4.50. The summed E-state index contributed by atoms with van der Waals surface area (Å²) in [6.07, 6.45) is 0.985. The van der Waals surface area contributed by atoms with Gasteiger partial charge in [0.25, 0.3) is 0 Å². The lowest BCUT2D eigenvalue weighted by molar-refractivity contribution is 0.341. The summed E-state index contributed by atoms with van der Waals surface area (Å²) in [5.41, 5.74) is 0.775. The van der Waals surface area contributed by atoms with Crippen molar-refractivity contribution in [1.29, 1.82) is 0 Å². The van der Waals surface area contributed by atoms with Gasteiger partial charge in [0.2, 0.25) is 0 Å². The predicted molar refractivity (Wildman–Crippen MR) is 60.8 cm³/mol. The molecule has 0 radical (unpaired) electrons. The Balaban J connectivity index is 2.31. The Hall–Kier alpha value is -0.600. The molecule has 1 aromatic rings. The van der Waals surface area contributed by atoms with Crippen LogP contribution in [0.1, 0.15) is 24.8 Å². The van der Waals surface area contributed by atoms with Crippen LogP contribution >= 0.6 is 11.6 Å². The molecule has 1 N–H and O–H groups in total. The highest BCUT2D eigenvalue weighted by Crippen LogP contribution is 2.33. The third-order valence-electron chi connectivity index (χ3n) is 3.17. The van der Waals surface area contributed by atoms with Gasteiger partial charge in [-0.1, -0.05) is 30.7 Å². The maximum Gasteiger partial charge on any atom is 0.145 e. The fourth-order valence-corrected chi connectivity index (χ4v) is 2.46. The van der Waals surface area contributed by atoms with Gasteiger partial charge in [0.05, 0.1) is 5.02 Å². The minimum atomic E-state index is -0.238. The molecular weight excluding hydrogens is 213 g/mol. The first-order valence-electron chi connectivity index (χ1n) is 5.34. The standard InChI is InChI=1S/C12H15ClFN/c1-8-7-15-6-5-9(8)10-3-2-4-11(13)12(10)14/h2-4,8-9,15H,5-7H2,1H3. The van der Waals surface area contributed by atoms with Crippen molar-refractivity contribution >= 4 is 11.6 Å². The molecular formula is C12H15ClFN.